The summed E-state index contributed by atoms with van der Waals surface area (Å²) < 4.78 is 0. The van der Waals surface area contributed by atoms with Gasteiger partial charge in [0.25, 0.3) is 0 Å². The average molecular weight is 276 g/mol. The van der Waals surface area contributed by atoms with Crippen molar-refractivity contribution in [2.45, 2.75) is 25.9 Å². The second-order valence-electron chi connectivity index (χ2n) is 4.29. The topological polar surface area (TPSA) is 62.2 Å². The molecular formula is C14H16N2O2S. The molecule has 1 heterocycles. The Balaban J connectivity index is 1.84. The molecule has 0 aliphatic carbocycles. The number of benzene rings is 1. The van der Waals surface area contributed by atoms with Crippen LogP contribution in [0.1, 0.15) is 30.7 Å². The van der Waals surface area contributed by atoms with Gasteiger partial charge in [0, 0.05) is 11.8 Å². The normalized spacial score (nSPS) is 12.1. The fraction of sp³-hybridized carbons (Fsp3) is 0.286. The van der Waals surface area contributed by atoms with E-state index in [1.54, 1.807) is 12.3 Å². The standard InChI is InChI=1S/C14H16N2O2S/c1-10(17)12-9-19-14(15-12)16-13(18)8-7-11-5-3-2-4-6-11/h2-6,9-10,17H,7-8H2,1H3,(H,15,16,18). The number of aliphatic hydroxyl groups excluding tert-OH is 1. The molecule has 4 nitrogen and oxygen atoms in total. The number of aryl methyl sites for hydroxylation is 1. The van der Waals surface area contributed by atoms with Crippen LogP contribution in [-0.2, 0) is 11.2 Å². The van der Waals surface area contributed by atoms with Crippen LogP contribution < -0.4 is 5.32 Å². The molecule has 5 heteroatoms. The number of hydrogen-bond acceptors (Lipinski definition) is 4. The molecule has 1 aromatic heterocycles. The van der Waals surface area contributed by atoms with Crippen LogP contribution in [0.25, 0.3) is 0 Å². The molecule has 0 bridgehead atoms. The van der Waals surface area contributed by atoms with E-state index in [1.165, 1.54) is 11.3 Å². The Morgan fingerprint density at radius 2 is 2.16 bits per heavy atom. The molecule has 1 amide bonds. The molecular weight excluding hydrogens is 260 g/mol. The number of amides is 1. The number of thiazole rings is 1. The first-order chi connectivity index (χ1) is 9.15. The fourth-order valence-corrected chi connectivity index (χ4v) is 2.43. The van der Waals surface area contributed by atoms with Crippen molar-refractivity contribution in [2.24, 2.45) is 0 Å². The maximum atomic E-state index is 11.8. The number of hydrogen-bond donors (Lipinski definition) is 2. The number of nitrogens with one attached hydrogen (secondary N) is 1. The lowest BCUT2D eigenvalue weighted by Gasteiger charge is -2.02. The molecule has 0 aliphatic rings. The summed E-state index contributed by atoms with van der Waals surface area (Å²) in [6, 6.07) is 9.88. The molecule has 1 aromatic carbocycles. The number of anilines is 1. The van der Waals surface area contributed by atoms with Crippen LogP contribution in [0, 0.1) is 0 Å². The zero-order valence-electron chi connectivity index (χ0n) is 10.7. The van der Waals surface area contributed by atoms with Gasteiger partial charge in [-0.3, -0.25) is 4.79 Å². The van der Waals surface area contributed by atoms with Crippen LogP contribution >= 0.6 is 11.3 Å². The maximum absolute atomic E-state index is 11.8. The van der Waals surface area contributed by atoms with Crippen LogP contribution in [0.2, 0.25) is 0 Å². The minimum atomic E-state index is -0.605. The lowest BCUT2D eigenvalue weighted by atomic mass is 10.1. The van der Waals surface area contributed by atoms with Crippen LogP contribution in [0.5, 0.6) is 0 Å². The summed E-state index contributed by atoms with van der Waals surface area (Å²) in [5.74, 6) is -0.0599. The average Bonchev–Trinajstić information content (AvgIpc) is 2.86. The summed E-state index contributed by atoms with van der Waals surface area (Å²) >= 11 is 1.32. The summed E-state index contributed by atoms with van der Waals surface area (Å²) in [6.45, 7) is 1.65. The van der Waals surface area contributed by atoms with Crippen molar-refractivity contribution in [3.05, 3.63) is 47.0 Å². The van der Waals surface area contributed by atoms with E-state index in [-0.39, 0.29) is 5.91 Å². The van der Waals surface area contributed by atoms with E-state index >= 15 is 0 Å². The first-order valence-electron chi connectivity index (χ1n) is 6.12. The first kappa shape index (κ1) is 13.7. The van der Waals surface area contributed by atoms with Gasteiger partial charge in [-0.1, -0.05) is 30.3 Å². The van der Waals surface area contributed by atoms with Crippen molar-refractivity contribution in [3.8, 4) is 0 Å². The van der Waals surface area contributed by atoms with E-state index < -0.39 is 6.10 Å². The summed E-state index contributed by atoms with van der Waals surface area (Å²) in [4.78, 5) is 15.9. The van der Waals surface area contributed by atoms with E-state index in [0.717, 1.165) is 5.56 Å². The monoisotopic (exact) mass is 276 g/mol. The Bertz CT molecular complexity index is 537. The Kier molecular flexibility index (Phi) is 4.65. The van der Waals surface area contributed by atoms with Crippen LogP contribution in [0.3, 0.4) is 0 Å². The molecule has 1 atom stereocenters. The highest BCUT2D eigenvalue weighted by molar-refractivity contribution is 7.13. The van der Waals surface area contributed by atoms with Gasteiger partial charge in [-0.2, -0.15) is 0 Å². The van der Waals surface area contributed by atoms with Crippen molar-refractivity contribution in [1.29, 1.82) is 0 Å². The van der Waals surface area contributed by atoms with Gasteiger partial charge in [0.1, 0.15) is 0 Å². The predicted octanol–water partition coefficient (Wildman–Crippen LogP) is 2.77. The van der Waals surface area contributed by atoms with Gasteiger partial charge in [0.15, 0.2) is 5.13 Å². The summed E-state index contributed by atoms with van der Waals surface area (Å²) in [5.41, 5.74) is 1.73. The Morgan fingerprint density at radius 1 is 1.42 bits per heavy atom. The van der Waals surface area contributed by atoms with Gasteiger partial charge in [0.05, 0.1) is 11.8 Å². The molecule has 0 aliphatic heterocycles. The minimum Gasteiger partial charge on any atom is -0.387 e. The second kappa shape index (κ2) is 6.45. The van der Waals surface area contributed by atoms with Crippen molar-refractivity contribution >= 4 is 22.4 Å². The van der Waals surface area contributed by atoms with Crippen molar-refractivity contribution in [3.63, 3.8) is 0 Å². The van der Waals surface area contributed by atoms with Crippen molar-refractivity contribution < 1.29 is 9.90 Å². The number of aliphatic hydroxyl groups is 1. The predicted molar refractivity (Wildman–Crippen MR) is 76.1 cm³/mol. The zero-order chi connectivity index (χ0) is 13.7. The van der Waals surface area contributed by atoms with E-state index in [4.69, 9.17) is 0 Å². The van der Waals surface area contributed by atoms with Crippen LogP contribution in [-0.4, -0.2) is 16.0 Å². The minimum absolute atomic E-state index is 0.0599. The highest BCUT2D eigenvalue weighted by Gasteiger charge is 2.09. The number of aromatic nitrogens is 1. The molecule has 100 valence electrons. The lowest BCUT2D eigenvalue weighted by Crippen LogP contribution is -2.12. The van der Waals surface area contributed by atoms with Gasteiger partial charge < -0.3 is 10.4 Å². The van der Waals surface area contributed by atoms with Gasteiger partial charge >= 0.3 is 0 Å². The fourth-order valence-electron chi connectivity index (χ4n) is 1.62. The third-order valence-corrected chi connectivity index (χ3v) is 3.46. The molecule has 0 fully saturated rings. The Labute approximate surface area is 116 Å². The van der Waals surface area contributed by atoms with E-state index in [2.05, 4.69) is 10.3 Å². The summed E-state index contributed by atoms with van der Waals surface area (Å²) in [7, 11) is 0. The molecule has 2 aromatic rings. The van der Waals surface area contributed by atoms with Gasteiger partial charge in [-0.15, -0.1) is 11.3 Å². The Hall–Kier alpha value is -1.72. The third-order valence-electron chi connectivity index (χ3n) is 2.68. The van der Waals surface area contributed by atoms with Gasteiger partial charge in [0.2, 0.25) is 5.91 Å². The molecule has 0 spiro atoms. The quantitative estimate of drug-likeness (QED) is 0.882. The highest BCUT2D eigenvalue weighted by atomic mass is 32.1. The number of carbonyl (C=O) groups excluding carboxylic acids is 1. The highest BCUT2D eigenvalue weighted by Crippen LogP contribution is 2.20. The lowest BCUT2D eigenvalue weighted by molar-refractivity contribution is -0.116. The van der Waals surface area contributed by atoms with E-state index in [9.17, 15) is 9.90 Å². The van der Waals surface area contributed by atoms with Crippen molar-refractivity contribution in [1.82, 2.24) is 4.98 Å². The molecule has 2 rings (SSSR count). The van der Waals surface area contributed by atoms with Gasteiger partial charge in [-0.05, 0) is 18.9 Å². The van der Waals surface area contributed by atoms with Crippen molar-refractivity contribution in [2.75, 3.05) is 5.32 Å². The molecule has 2 N–H and O–H groups in total. The number of carbonyl (C=O) groups is 1. The molecule has 0 radical (unpaired) electrons. The largest absolute Gasteiger partial charge is 0.387 e. The molecule has 0 saturated heterocycles. The zero-order valence-corrected chi connectivity index (χ0v) is 11.5. The van der Waals surface area contributed by atoms with E-state index in [0.29, 0.717) is 23.7 Å². The van der Waals surface area contributed by atoms with Crippen LogP contribution in [0.15, 0.2) is 35.7 Å². The van der Waals surface area contributed by atoms with Crippen LogP contribution in [0.4, 0.5) is 5.13 Å². The smallest absolute Gasteiger partial charge is 0.226 e. The van der Waals surface area contributed by atoms with Gasteiger partial charge in [-0.25, -0.2) is 4.98 Å². The number of rotatable bonds is 5. The number of nitrogens with zero attached hydrogens (tertiary/aromatic N) is 1. The third kappa shape index (κ3) is 4.15. The second-order valence-corrected chi connectivity index (χ2v) is 5.15. The summed E-state index contributed by atoms with van der Waals surface area (Å²) in [5, 5.41) is 14.4. The molecule has 0 saturated carbocycles. The maximum Gasteiger partial charge on any atom is 0.226 e. The molecule has 1 unspecified atom stereocenters. The van der Waals surface area contributed by atoms with E-state index in [1.807, 2.05) is 30.3 Å². The first-order valence-corrected chi connectivity index (χ1v) is 7.00. The summed E-state index contributed by atoms with van der Waals surface area (Å²) in [6.07, 6.45) is 0.528. The Morgan fingerprint density at radius 3 is 2.79 bits per heavy atom. The SMILES string of the molecule is CC(O)c1csc(NC(=O)CCc2ccccc2)n1. The molecule has 19 heavy (non-hydrogen) atoms.